The minimum Gasteiger partial charge on any atom is -0.497 e. The molecule has 1 heterocycles. The molecule has 2 aromatic rings. The Balaban J connectivity index is 2.00. The Kier molecular flexibility index (Phi) is 8.99. The minimum absolute atomic E-state index is 0.0977. The normalized spacial score (nSPS) is 14.1. The fourth-order valence-electron chi connectivity index (χ4n) is 3.69. The van der Waals surface area contributed by atoms with Crippen LogP contribution in [0.15, 0.2) is 46.4 Å². The molecule has 12 heteroatoms. The van der Waals surface area contributed by atoms with Gasteiger partial charge in [-0.2, -0.15) is 5.10 Å². The van der Waals surface area contributed by atoms with Crippen LogP contribution < -0.4 is 28.7 Å². The molecular weight excluding hydrogens is 488 g/mol. The average molecular weight is 521 g/mol. The van der Waals surface area contributed by atoms with Crippen LogP contribution in [0.25, 0.3) is 0 Å². The van der Waals surface area contributed by atoms with Crippen molar-refractivity contribution in [2.45, 2.75) is 17.7 Å². The Bertz CT molecular complexity index is 1210. The monoisotopic (exact) mass is 520 g/mol. The van der Waals surface area contributed by atoms with Crippen LogP contribution in [0.2, 0.25) is 0 Å². The van der Waals surface area contributed by atoms with Crippen LogP contribution in [0.5, 0.6) is 23.0 Å². The number of hydrogen-bond acceptors (Lipinski definition) is 9. The Labute approximate surface area is 211 Å². The summed E-state index contributed by atoms with van der Waals surface area (Å²) in [6.07, 6.45) is 1.46. The van der Waals surface area contributed by atoms with Gasteiger partial charge in [0.25, 0.3) is 15.9 Å². The third kappa shape index (κ3) is 6.18. The first-order chi connectivity index (χ1) is 17.2. The molecule has 0 spiro atoms. The smallest absolute Gasteiger partial charge is 0.265 e. The number of likely N-dealkylation sites (tertiary alicyclic amines) is 1. The van der Waals surface area contributed by atoms with E-state index in [0.717, 1.165) is 35.9 Å². The molecule has 1 fully saturated rings. The maximum Gasteiger partial charge on any atom is 0.265 e. The number of nitrogens with one attached hydrogen (secondary N) is 1. The summed E-state index contributed by atoms with van der Waals surface area (Å²) in [5.41, 5.74) is 3.49. The number of anilines is 1. The maximum atomic E-state index is 13.9. The lowest BCUT2D eigenvalue weighted by atomic mass is 10.1. The van der Waals surface area contributed by atoms with E-state index in [1.54, 1.807) is 12.1 Å². The summed E-state index contributed by atoms with van der Waals surface area (Å²) in [5, 5.41) is 4.22. The lowest BCUT2D eigenvalue weighted by Crippen LogP contribution is -2.40. The number of methoxy groups -OCH3 is 4. The fourth-order valence-corrected chi connectivity index (χ4v) is 5.13. The van der Waals surface area contributed by atoms with Crippen molar-refractivity contribution < 1.29 is 32.2 Å². The zero-order valence-corrected chi connectivity index (χ0v) is 21.9. The fraction of sp³-hybridized carbons (Fsp3) is 0.417. The Hall–Kier alpha value is -3.51. The average Bonchev–Trinajstić information content (AvgIpc) is 2.90. The molecule has 0 unspecified atom stereocenters. The van der Waals surface area contributed by atoms with Crippen LogP contribution in [0.4, 0.5) is 5.69 Å². The van der Waals surface area contributed by atoms with Crippen molar-refractivity contribution in [2.24, 2.45) is 5.10 Å². The number of hydrazone groups is 1. The van der Waals surface area contributed by atoms with Crippen molar-refractivity contribution in [3.05, 3.63) is 36.4 Å². The number of piperidine rings is 1. The van der Waals surface area contributed by atoms with Gasteiger partial charge in [0.1, 0.15) is 18.0 Å². The van der Waals surface area contributed by atoms with Gasteiger partial charge in [-0.05, 0) is 31.3 Å². The molecule has 0 saturated carbocycles. The van der Waals surface area contributed by atoms with Gasteiger partial charge in [0.05, 0.1) is 39.0 Å². The van der Waals surface area contributed by atoms with Crippen LogP contribution in [-0.4, -0.2) is 80.1 Å². The first-order valence-corrected chi connectivity index (χ1v) is 12.7. The molecule has 0 atom stereocenters. The van der Waals surface area contributed by atoms with E-state index in [1.807, 2.05) is 7.05 Å². The molecule has 0 bridgehead atoms. The van der Waals surface area contributed by atoms with E-state index in [9.17, 15) is 13.2 Å². The molecule has 196 valence electrons. The second-order valence-corrected chi connectivity index (χ2v) is 9.94. The largest absolute Gasteiger partial charge is 0.497 e. The third-order valence-corrected chi connectivity index (χ3v) is 7.54. The summed E-state index contributed by atoms with van der Waals surface area (Å²) >= 11 is 0. The molecule has 0 aromatic heterocycles. The van der Waals surface area contributed by atoms with Crippen LogP contribution in [0, 0.1) is 0 Å². The quantitative estimate of drug-likeness (QED) is 0.473. The van der Waals surface area contributed by atoms with Crippen molar-refractivity contribution in [3.8, 4) is 23.0 Å². The summed E-state index contributed by atoms with van der Waals surface area (Å²) in [5.74, 6) is 0.637. The van der Waals surface area contributed by atoms with Gasteiger partial charge in [0.15, 0.2) is 11.5 Å². The number of ether oxygens (including phenoxy) is 4. The van der Waals surface area contributed by atoms with E-state index in [0.29, 0.717) is 11.5 Å². The highest BCUT2D eigenvalue weighted by molar-refractivity contribution is 7.92. The molecule has 1 N–H and O–H groups in total. The first kappa shape index (κ1) is 27.1. The van der Waals surface area contributed by atoms with Crippen molar-refractivity contribution >= 4 is 27.3 Å². The van der Waals surface area contributed by atoms with Gasteiger partial charge >= 0.3 is 0 Å². The highest BCUT2D eigenvalue weighted by Gasteiger charge is 2.31. The molecule has 1 aliphatic rings. The van der Waals surface area contributed by atoms with Crippen molar-refractivity contribution in [1.29, 1.82) is 0 Å². The number of carbonyl (C=O) groups excluding carboxylic acids is 1. The molecule has 1 amide bonds. The Morgan fingerprint density at radius 1 is 0.944 bits per heavy atom. The van der Waals surface area contributed by atoms with E-state index < -0.39 is 22.5 Å². The van der Waals surface area contributed by atoms with Crippen molar-refractivity contribution in [2.75, 3.05) is 59.4 Å². The molecule has 2 aromatic carbocycles. The lowest BCUT2D eigenvalue weighted by Gasteiger charge is -2.26. The lowest BCUT2D eigenvalue weighted by molar-refractivity contribution is -0.119. The molecule has 1 saturated heterocycles. The van der Waals surface area contributed by atoms with E-state index in [-0.39, 0.29) is 22.1 Å². The highest BCUT2D eigenvalue weighted by atomic mass is 32.2. The number of rotatable bonds is 10. The predicted molar refractivity (Wildman–Crippen MR) is 136 cm³/mol. The SMILES string of the molecule is COc1ccc(OC)c(N(CC(=O)NN=C2CCN(C)CC2)S(=O)(=O)c2ccc(OC)c(OC)c2)c1. The van der Waals surface area contributed by atoms with E-state index in [1.165, 1.54) is 52.7 Å². The summed E-state index contributed by atoms with van der Waals surface area (Å²) in [6, 6.07) is 8.90. The number of amides is 1. The topological polar surface area (TPSA) is 119 Å². The first-order valence-electron chi connectivity index (χ1n) is 11.2. The third-order valence-electron chi connectivity index (χ3n) is 5.79. The molecule has 0 radical (unpaired) electrons. The molecule has 11 nitrogen and oxygen atoms in total. The minimum atomic E-state index is -4.27. The van der Waals surface area contributed by atoms with E-state index in [2.05, 4.69) is 15.4 Å². The van der Waals surface area contributed by atoms with Crippen molar-refractivity contribution in [3.63, 3.8) is 0 Å². The molecular formula is C24H32N4O7S. The van der Waals surface area contributed by atoms with Crippen LogP contribution in [0.3, 0.4) is 0 Å². The van der Waals surface area contributed by atoms with Gasteiger partial charge in [-0.1, -0.05) is 0 Å². The van der Waals surface area contributed by atoms with Crippen LogP contribution in [0.1, 0.15) is 12.8 Å². The van der Waals surface area contributed by atoms with Crippen LogP contribution >= 0.6 is 0 Å². The second-order valence-electron chi connectivity index (χ2n) is 8.08. The molecule has 0 aliphatic carbocycles. The Morgan fingerprint density at radius 3 is 2.19 bits per heavy atom. The van der Waals surface area contributed by atoms with Gasteiger partial charge in [0, 0.05) is 43.8 Å². The van der Waals surface area contributed by atoms with Gasteiger partial charge in [-0.15, -0.1) is 0 Å². The Morgan fingerprint density at radius 2 is 1.58 bits per heavy atom. The molecule has 1 aliphatic heterocycles. The molecule has 36 heavy (non-hydrogen) atoms. The summed E-state index contributed by atoms with van der Waals surface area (Å²) < 4.78 is 49.9. The van der Waals surface area contributed by atoms with Gasteiger partial charge in [0.2, 0.25) is 0 Å². The van der Waals surface area contributed by atoms with Gasteiger partial charge in [-0.25, -0.2) is 13.8 Å². The number of hydrogen-bond donors (Lipinski definition) is 1. The molecule has 3 rings (SSSR count). The standard InChI is InChI=1S/C24H32N4O7S/c1-27-12-10-17(11-13-27)25-26-24(29)16-28(20-14-18(32-2)6-8-21(20)33-3)36(30,31)19-7-9-22(34-4)23(15-19)35-5/h6-9,14-15H,10-13,16H2,1-5H3,(H,26,29). The summed E-state index contributed by atoms with van der Waals surface area (Å²) in [6.45, 7) is 1.14. The number of sulfonamides is 1. The zero-order valence-electron chi connectivity index (χ0n) is 21.1. The zero-order chi connectivity index (χ0) is 26.3. The van der Waals surface area contributed by atoms with Gasteiger partial charge < -0.3 is 23.8 Å². The number of nitrogens with zero attached hydrogens (tertiary/aromatic N) is 3. The van der Waals surface area contributed by atoms with Crippen LogP contribution in [-0.2, 0) is 14.8 Å². The number of carbonyl (C=O) groups is 1. The maximum absolute atomic E-state index is 13.9. The highest BCUT2D eigenvalue weighted by Crippen LogP contribution is 2.37. The van der Waals surface area contributed by atoms with Gasteiger partial charge in [-0.3, -0.25) is 9.10 Å². The van der Waals surface area contributed by atoms with E-state index in [4.69, 9.17) is 18.9 Å². The van der Waals surface area contributed by atoms with Crippen molar-refractivity contribution in [1.82, 2.24) is 10.3 Å². The summed E-state index contributed by atoms with van der Waals surface area (Å²) in [4.78, 5) is 15.0. The van der Waals surface area contributed by atoms with E-state index >= 15 is 0 Å². The predicted octanol–water partition coefficient (Wildman–Crippen LogP) is 2.11. The summed E-state index contributed by atoms with van der Waals surface area (Å²) in [7, 11) is 3.49. The second kappa shape index (κ2) is 12.0. The number of benzene rings is 2.